The number of hydrogen-bond acceptors (Lipinski definition) is 3. The standard InChI is InChI=1S/C30H31N5O/c36-30(31-18-22-7-3-1-4-8-22)28-20-34-16-15-26(28)17-27(34)19-35-21-29(32-33-35)25-13-11-24(12-14-25)23-9-5-2-6-10-23/h1-14,21,26-28H,15-20H2,(H,31,36)/p+1/t26-,27+,28-/m0/s1. The van der Waals surface area contributed by atoms with Crippen LogP contribution in [0.4, 0.5) is 0 Å². The zero-order valence-corrected chi connectivity index (χ0v) is 20.4. The van der Waals surface area contributed by atoms with Gasteiger partial charge in [-0.3, -0.25) is 4.79 Å². The maximum absolute atomic E-state index is 12.9. The summed E-state index contributed by atoms with van der Waals surface area (Å²) in [5, 5.41) is 12.1. The monoisotopic (exact) mass is 478 g/mol. The van der Waals surface area contributed by atoms with Gasteiger partial charge >= 0.3 is 0 Å². The number of carbonyl (C=O) groups excluding carboxylic acids is 1. The van der Waals surface area contributed by atoms with Crippen LogP contribution >= 0.6 is 0 Å². The summed E-state index contributed by atoms with van der Waals surface area (Å²) in [7, 11) is 0. The third-order valence-corrected chi connectivity index (χ3v) is 7.93. The van der Waals surface area contributed by atoms with E-state index >= 15 is 0 Å². The van der Waals surface area contributed by atoms with Gasteiger partial charge in [0.05, 0.1) is 31.7 Å². The van der Waals surface area contributed by atoms with E-state index < -0.39 is 0 Å². The van der Waals surface area contributed by atoms with Gasteiger partial charge in [0.1, 0.15) is 11.7 Å². The number of amides is 1. The molecule has 1 amide bonds. The summed E-state index contributed by atoms with van der Waals surface area (Å²) in [4.78, 5) is 14.5. The summed E-state index contributed by atoms with van der Waals surface area (Å²) in [6.45, 7) is 3.51. The van der Waals surface area contributed by atoms with E-state index in [9.17, 15) is 4.79 Å². The van der Waals surface area contributed by atoms with E-state index in [1.165, 1.54) is 16.0 Å². The first kappa shape index (κ1) is 22.7. The first-order valence-electron chi connectivity index (χ1n) is 12.9. The Hall–Kier alpha value is -3.77. The number of aromatic nitrogens is 3. The number of quaternary nitrogens is 1. The number of rotatable bonds is 7. The minimum atomic E-state index is 0.114. The van der Waals surface area contributed by atoms with Gasteiger partial charge < -0.3 is 10.2 Å². The zero-order chi connectivity index (χ0) is 24.3. The van der Waals surface area contributed by atoms with Gasteiger partial charge in [-0.05, 0) is 22.6 Å². The van der Waals surface area contributed by atoms with Crippen molar-refractivity contribution in [1.29, 1.82) is 0 Å². The van der Waals surface area contributed by atoms with Crippen LogP contribution in [0, 0.1) is 11.8 Å². The van der Waals surface area contributed by atoms with Gasteiger partial charge in [-0.2, -0.15) is 0 Å². The van der Waals surface area contributed by atoms with Gasteiger partial charge in [-0.1, -0.05) is 90.1 Å². The summed E-state index contributed by atoms with van der Waals surface area (Å²) in [5.41, 5.74) is 5.54. The van der Waals surface area contributed by atoms with Crippen molar-refractivity contribution < 1.29 is 9.69 Å². The Morgan fingerprint density at radius 1 is 0.917 bits per heavy atom. The zero-order valence-electron chi connectivity index (χ0n) is 20.4. The van der Waals surface area contributed by atoms with E-state index in [0.29, 0.717) is 18.5 Å². The molecule has 4 aromatic rings. The molecule has 0 radical (unpaired) electrons. The van der Waals surface area contributed by atoms with Crippen LogP contribution in [0.1, 0.15) is 18.4 Å². The maximum atomic E-state index is 12.9. The van der Waals surface area contributed by atoms with Crippen molar-refractivity contribution in [3.05, 3.63) is 96.7 Å². The third kappa shape index (κ3) is 4.82. The molecule has 4 atom stereocenters. The normalized spacial score (nSPS) is 22.9. The third-order valence-electron chi connectivity index (χ3n) is 7.93. The number of nitrogens with one attached hydrogen (secondary N) is 2. The number of nitrogens with zero attached hydrogens (tertiary/aromatic N) is 3. The highest BCUT2D eigenvalue weighted by Gasteiger charge is 2.46. The lowest BCUT2D eigenvalue weighted by Crippen LogP contribution is -3.20. The molecule has 2 bridgehead atoms. The fraction of sp³-hybridized carbons (Fsp3) is 0.300. The van der Waals surface area contributed by atoms with E-state index in [4.69, 9.17) is 0 Å². The van der Waals surface area contributed by atoms with Crippen molar-refractivity contribution in [2.45, 2.75) is 32.0 Å². The van der Waals surface area contributed by atoms with Gasteiger partial charge in [0.15, 0.2) is 0 Å². The number of fused-ring (bicyclic) bond motifs is 3. The molecule has 0 spiro atoms. The van der Waals surface area contributed by atoms with Gasteiger partial charge in [0, 0.05) is 24.9 Å². The molecule has 4 heterocycles. The highest BCUT2D eigenvalue weighted by molar-refractivity contribution is 5.79. The van der Waals surface area contributed by atoms with E-state index in [2.05, 4.69) is 82.5 Å². The van der Waals surface area contributed by atoms with E-state index in [1.54, 1.807) is 0 Å². The average Bonchev–Trinajstić information content (AvgIpc) is 3.42. The lowest BCUT2D eigenvalue weighted by Gasteiger charge is -2.46. The number of carbonyl (C=O) groups is 1. The predicted molar refractivity (Wildman–Crippen MR) is 140 cm³/mol. The van der Waals surface area contributed by atoms with Crippen molar-refractivity contribution in [2.75, 3.05) is 13.1 Å². The highest BCUT2D eigenvalue weighted by Crippen LogP contribution is 2.28. The molecule has 0 aliphatic carbocycles. The predicted octanol–water partition coefficient (Wildman–Crippen LogP) is 3.22. The molecule has 0 saturated carbocycles. The molecular weight excluding hydrogens is 446 g/mol. The van der Waals surface area contributed by atoms with Crippen molar-refractivity contribution in [3.8, 4) is 22.4 Å². The molecule has 3 aliphatic rings. The summed E-state index contributed by atoms with van der Waals surface area (Å²) in [5.74, 6) is 0.779. The average molecular weight is 479 g/mol. The fourth-order valence-corrected chi connectivity index (χ4v) is 5.94. The van der Waals surface area contributed by atoms with E-state index in [1.807, 2.05) is 28.9 Å². The van der Waals surface area contributed by atoms with Gasteiger partial charge in [-0.15, -0.1) is 5.10 Å². The molecule has 182 valence electrons. The van der Waals surface area contributed by atoms with Crippen LogP contribution in [0.15, 0.2) is 91.1 Å². The minimum absolute atomic E-state index is 0.114. The van der Waals surface area contributed by atoms with Crippen LogP contribution in [0.25, 0.3) is 22.4 Å². The second-order valence-corrected chi connectivity index (χ2v) is 10.2. The Kier molecular flexibility index (Phi) is 6.35. The van der Waals surface area contributed by atoms with Gasteiger partial charge in [0.2, 0.25) is 5.91 Å². The smallest absolute Gasteiger partial charge is 0.229 e. The summed E-state index contributed by atoms with van der Waals surface area (Å²) < 4.78 is 1.99. The van der Waals surface area contributed by atoms with Crippen LogP contribution in [0.3, 0.4) is 0 Å². The summed E-state index contributed by atoms with van der Waals surface area (Å²) in [6, 6.07) is 29.5. The second kappa shape index (κ2) is 10.1. The lowest BCUT2D eigenvalue weighted by atomic mass is 9.75. The molecule has 3 aromatic carbocycles. The minimum Gasteiger partial charge on any atom is -0.352 e. The Balaban J connectivity index is 1.06. The Morgan fingerprint density at radius 3 is 2.33 bits per heavy atom. The van der Waals surface area contributed by atoms with Gasteiger partial charge in [0.25, 0.3) is 0 Å². The first-order valence-corrected chi connectivity index (χ1v) is 12.9. The molecule has 1 aromatic heterocycles. The Bertz CT molecular complexity index is 1300. The fourth-order valence-electron chi connectivity index (χ4n) is 5.94. The molecule has 2 N–H and O–H groups in total. The van der Waals surface area contributed by atoms with Crippen LogP contribution < -0.4 is 10.2 Å². The molecular formula is C30H32N5O+. The molecule has 6 heteroatoms. The first-order chi connectivity index (χ1) is 17.7. The van der Waals surface area contributed by atoms with Crippen LogP contribution in [0.2, 0.25) is 0 Å². The van der Waals surface area contributed by atoms with Crippen LogP contribution in [0.5, 0.6) is 0 Å². The Labute approximate surface area is 212 Å². The van der Waals surface area contributed by atoms with Crippen molar-refractivity contribution >= 4 is 5.91 Å². The largest absolute Gasteiger partial charge is 0.352 e. The molecule has 3 aliphatic heterocycles. The number of benzene rings is 3. The summed E-state index contributed by atoms with van der Waals surface area (Å²) in [6.07, 6.45) is 4.26. The summed E-state index contributed by atoms with van der Waals surface area (Å²) >= 11 is 0. The molecule has 1 unspecified atom stereocenters. The number of piperidine rings is 3. The lowest BCUT2D eigenvalue weighted by molar-refractivity contribution is -0.945. The number of hydrogen-bond donors (Lipinski definition) is 2. The SMILES string of the molecule is O=C(NCc1ccccc1)[C@H]1C[NH+]2CC[C@H]1C[C@@H]2Cn1cc(-c2ccc(-c3ccccc3)cc2)nn1. The highest BCUT2D eigenvalue weighted by atomic mass is 16.1. The van der Waals surface area contributed by atoms with E-state index in [0.717, 1.165) is 49.3 Å². The van der Waals surface area contributed by atoms with Crippen LogP contribution in [-0.4, -0.2) is 40.0 Å². The molecule has 7 rings (SSSR count). The molecule has 6 nitrogen and oxygen atoms in total. The molecule has 3 saturated heterocycles. The van der Waals surface area contributed by atoms with Crippen LogP contribution in [-0.2, 0) is 17.9 Å². The topological polar surface area (TPSA) is 64.2 Å². The van der Waals surface area contributed by atoms with Gasteiger partial charge in [-0.25, -0.2) is 4.68 Å². The van der Waals surface area contributed by atoms with E-state index in [-0.39, 0.29) is 11.8 Å². The second-order valence-electron chi connectivity index (χ2n) is 10.2. The molecule has 36 heavy (non-hydrogen) atoms. The van der Waals surface area contributed by atoms with Crippen molar-refractivity contribution in [2.24, 2.45) is 11.8 Å². The van der Waals surface area contributed by atoms with Crippen molar-refractivity contribution in [1.82, 2.24) is 20.3 Å². The Morgan fingerprint density at radius 2 is 1.61 bits per heavy atom. The quantitative estimate of drug-likeness (QED) is 0.429. The molecule has 3 fully saturated rings. The maximum Gasteiger partial charge on any atom is 0.229 e. The van der Waals surface area contributed by atoms with Crippen molar-refractivity contribution in [3.63, 3.8) is 0 Å².